The zero-order valence-corrected chi connectivity index (χ0v) is 11.1. The molecule has 2 rings (SSSR count). The molecule has 1 atom stereocenters. The van der Waals surface area contributed by atoms with E-state index in [0.717, 1.165) is 12.8 Å². The van der Waals surface area contributed by atoms with Crippen LogP contribution in [0.25, 0.3) is 0 Å². The molecular weight excluding hydrogens is 232 g/mol. The highest BCUT2D eigenvalue weighted by Crippen LogP contribution is 2.32. The molecule has 0 spiro atoms. The number of hydrogen-bond donors (Lipinski definition) is 0. The van der Waals surface area contributed by atoms with E-state index in [-0.39, 0.29) is 5.25 Å². The van der Waals surface area contributed by atoms with Gasteiger partial charge in [-0.2, -0.15) is 0 Å². The van der Waals surface area contributed by atoms with Gasteiger partial charge in [0.05, 0.1) is 10.1 Å². The molecular formula is C14H20O2S. The van der Waals surface area contributed by atoms with Crippen LogP contribution in [0.5, 0.6) is 0 Å². The molecule has 1 aliphatic carbocycles. The van der Waals surface area contributed by atoms with E-state index in [1.165, 1.54) is 19.3 Å². The van der Waals surface area contributed by atoms with E-state index >= 15 is 0 Å². The first-order valence-corrected chi connectivity index (χ1v) is 7.96. The average Bonchev–Trinajstić information content (AvgIpc) is 2.40. The van der Waals surface area contributed by atoms with Gasteiger partial charge in [-0.15, -0.1) is 0 Å². The lowest BCUT2D eigenvalue weighted by atomic mass is 9.87. The molecule has 1 aromatic rings. The van der Waals surface area contributed by atoms with Crippen LogP contribution in [0.3, 0.4) is 0 Å². The van der Waals surface area contributed by atoms with Crippen molar-refractivity contribution in [1.29, 1.82) is 0 Å². The molecule has 3 heteroatoms. The summed E-state index contributed by atoms with van der Waals surface area (Å²) in [7, 11) is -3.14. The fraction of sp³-hybridized carbons (Fsp3) is 0.571. The fourth-order valence-electron chi connectivity index (χ4n) is 2.68. The molecule has 1 fully saturated rings. The number of benzene rings is 1. The molecule has 0 bridgehead atoms. The van der Waals surface area contributed by atoms with Gasteiger partial charge in [0.2, 0.25) is 0 Å². The SMILES string of the molecule is CC(C1CCCCC1)S(=O)(=O)c1ccccc1. The summed E-state index contributed by atoms with van der Waals surface area (Å²) in [5.74, 6) is 0.342. The summed E-state index contributed by atoms with van der Waals surface area (Å²) in [4.78, 5) is 0.470. The van der Waals surface area contributed by atoms with Gasteiger partial charge in [0.1, 0.15) is 0 Å². The normalized spacial score (nSPS) is 20.1. The predicted molar refractivity (Wildman–Crippen MR) is 69.7 cm³/mol. The second-order valence-electron chi connectivity index (χ2n) is 4.96. The van der Waals surface area contributed by atoms with Crippen molar-refractivity contribution in [3.05, 3.63) is 30.3 Å². The minimum Gasteiger partial charge on any atom is -0.223 e. The maximum absolute atomic E-state index is 12.4. The number of hydrogen-bond acceptors (Lipinski definition) is 2. The van der Waals surface area contributed by atoms with Crippen LogP contribution in [0, 0.1) is 5.92 Å². The molecule has 0 aromatic heterocycles. The van der Waals surface area contributed by atoms with Crippen molar-refractivity contribution in [3.63, 3.8) is 0 Å². The van der Waals surface area contributed by atoms with E-state index < -0.39 is 9.84 Å². The van der Waals surface area contributed by atoms with Gasteiger partial charge in [-0.25, -0.2) is 8.42 Å². The summed E-state index contributed by atoms with van der Waals surface area (Å²) < 4.78 is 24.9. The second-order valence-corrected chi connectivity index (χ2v) is 7.27. The lowest BCUT2D eigenvalue weighted by Crippen LogP contribution is -2.28. The topological polar surface area (TPSA) is 34.1 Å². The van der Waals surface area contributed by atoms with Crippen LogP contribution in [0.4, 0.5) is 0 Å². The van der Waals surface area contributed by atoms with Crippen LogP contribution in [-0.4, -0.2) is 13.7 Å². The first kappa shape index (κ1) is 12.6. The summed E-state index contributed by atoms with van der Waals surface area (Å²) in [5.41, 5.74) is 0. The molecule has 0 aliphatic heterocycles. The molecule has 17 heavy (non-hydrogen) atoms. The van der Waals surface area contributed by atoms with Crippen LogP contribution in [0.2, 0.25) is 0 Å². The molecule has 1 saturated carbocycles. The molecule has 1 aromatic carbocycles. The molecule has 0 heterocycles. The molecule has 1 aliphatic rings. The van der Waals surface area contributed by atoms with Crippen LogP contribution < -0.4 is 0 Å². The number of rotatable bonds is 3. The summed E-state index contributed by atoms with van der Waals surface area (Å²) in [6.45, 7) is 1.87. The first-order chi connectivity index (χ1) is 8.12. The van der Waals surface area contributed by atoms with Crippen LogP contribution in [0.15, 0.2) is 35.2 Å². The largest absolute Gasteiger partial charge is 0.223 e. The zero-order valence-electron chi connectivity index (χ0n) is 10.3. The van der Waals surface area contributed by atoms with Gasteiger partial charge in [-0.3, -0.25) is 0 Å². The molecule has 0 radical (unpaired) electrons. The maximum Gasteiger partial charge on any atom is 0.181 e. The molecule has 2 nitrogen and oxygen atoms in total. The Kier molecular flexibility index (Phi) is 3.87. The van der Waals surface area contributed by atoms with Gasteiger partial charge >= 0.3 is 0 Å². The smallest absolute Gasteiger partial charge is 0.181 e. The molecule has 0 N–H and O–H groups in total. The van der Waals surface area contributed by atoms with Crippen molar-refractivity contribution >= 4 is 9.84 Å². The lowest BCUT2D eigenvalue weighted by molar-refractivity contribution is 0.348. The Morgan fingerprint density at radius 3 is 2.24 bits per heavy atom. The van der Waals surface area contributed by atoms with Gasteiger partial charge in [-0.1, -0.05) is 37.5 Å². The summed E-state index contributed by atoms with van der Waals surface area (Å²) >= 11 is 0. The van der Waals surface area contributed by atoms with E-state index in [1.807, 2.05) is 13.0 Å². The third kappa shape index (κ3) is 2.71. The van der Waals surface area contributed by atoms with Crippen LogP contribution >= 0.6 is 0 Å². The average molecular weight is 252 g/mol. The molecule has 0 saturated heterocycles. The Hall–Kier alpha value is -0.830. The Bertz CT molecular complexity index is 444. The van der Waals surface area contributed by atoms with Crippen molar-refractivity contribution in [3.8, 4) is 0 Å². The molecule has 0 amide bonds. The predicted octanol–water partition coefficient (Wildman–Crippen LogP) is 3.43. The Labute approximate surface area is 104 Å². The standard InChI is InChI=1S/C14H20O2S/c1-12(13-8-4-2-5-9-13)17(15,16)14-10-6-3-7-11-14/h3,6-7,10-13H,2,4-5,8-9H2,1H3. The van der Waals surface area contributed by atoms with Crippen LogP contribution in [0.1, 0.15) is 39.0 Å². The highest BCUT2D eigenvalue weighted by molar-refractivity contribution is 7.92. The van der Waals surface area contributed by atoms with Crippen molar-refractivity contribution in [2.75, 3.05) is 0 Å². The first-order valence-electron chi connectivity index (χ1n) is 6.41. The lowest BCUT2D eigenvalue weighted by Gasteiger charge is -2.27. The second kappa shape index (κ2) is 5.21. The molecule has 94 valence electrons. The van der Waals surface area contributed by atoms with Gasteiger partial charge in [0.15, 0.2) is 9.84 Å². The van der Waals surface area contributed by atoms with Crippen molar-refractivity contribution in [2.24, 2.45) is 5.92 Å². The maximum atomic E-state index is 12.4. The summed E-state index contributed by atoms with van der Waals surface area (Å²) in [5, 5.41) is -0.245. The molecule has 1 unspecified atom stereocenters. The zero-order chi connectivity index (χ0) is 12.3. The quantitative estimate of drug-likeness (QED) is 0.826. The van der Waals surface area contributed by atoms with E-state index in [0.29, 0.717) is 10.8 Å². The van der Waals surface area contributed by atoms with Gasteiger partial charge in [0, 0.05) is 0 Å². The number of sulfone groups is 1. The third-order valence-electron chi connectivity index (χ3n) is 3.87. The van der Waals surface area contributed by atoms with E-state index in [1.54, 1.807) is 24.3 Å². The van der Waals surface area contributed by atoms with E-state index in [4.69, 9.17) is 0 Å². The Balaban J connectivity index is 2.20. The van der Waals surface area contributed by atoms with Gasteiger partial charge < -0.3 is 0 Å². The minimum absolute atomic E-state index is 0.245. The van der Waals surface area contributed by atoms with Gasteiger partial charge in [0.25, 0.3) is 0 Å². The summed E-state index contributed by atoms with van der Waals surface area (Å²) in [6.07, 6.45) is 5.74. The fourth-order valence-corrected chi connectivity index (χ4v) is 4.43. The third-order valence-corrected chi connectivity index (χ3v) is 6.17. The van der Waals surface area contributed by atoms with Crippen molar-refractivity contribution in [1.82, 2.24) is 0 Å². The van der Waals surface area contributed by atoms with Crippen molar-refractivity contribution in [2.45, 2.75) is 49.2 Å². The highest BCUT2D eigenvalue weighted by Gasteiger charge is 2.31. The van der Waals surface area contributed by atoms with Crippen LogP contribution in [-0.2, 0) is 9.84 Å². The summed E-state index contributed by atoms with van der Waals surface area (Å²) in [6, 6.07) is 8.84. The van der Waals surface area contributed by atoms with Gasteiger partial charge in [-0.05, 0) is 37.8 Å². The Morgan fingerprint density at radius 2 is 1.65 bits per heavy atom. The van der Waals surface area contributed by atoms with Crippen molar-refractivity contribution < 1.29 is 8.42 Å². The highest BCUT2D eigenvalue weighted by atomic mass is 32.2. The minimum atomic E-state index is -3.14. The monoisotopic (exact) mass is 252 g/mol. The van der Waals surface area contributed by atoms with E-state index in [9.17, 15) is 8.42 Å². The Morgan fingerprint density at radius 1 is 1.06 bits per heavy atom. The van der Waals surface area contributed by atoms with E-state index in [2.05, 4.69) is 0 Å².